The van der Waals surface area contributed by atoms with Crippen molar-refractivity contribution >= 4 is 17.8 Å². The maximum atomic E-state index is 13.6. The standard InChI is InChI=1S/C82H150N2O21/c1-4-6-8-10-12-14-16-18-20-22-24-26-27-28-29-30-31-32-33-34-35-36-38-40-42-44-46-48-50-52-54-56-69(92)84-63(64(89)55-53-51-49-47-45-43-41-39-37-25-23-21-19-17-15-13-11-9-7-5-2)61-100-79-74(96)73(95)76(68(60-87)102-79)103-80-75(97)78(72(94)67(59-86)101-80)105-82(81(98)99)57-65(90)70(83-62(3)88)77(104-82)71(93)66(91)58-85/h24,26,28-29,53,55,63-68,70-80,85-87,89-91,93-97H,4-23,25,27,30-52,54,56-61H2,1-3H3,(H,83,88)(H,84,92)(H,98,99)/b26-24-,29-28-,55-53+. The van der Waals surface area contributed by atoms with Crippen molar-refractivity contribution in [2.45, 2.75) is 439 Å². The van der Waals surface area contributed by atoms with Gasteiger partial charge in [-0.1, -0.05) is 294 Å². The van der Waals surface area contributed by atoms with E-state index in [4.69, 9.17) is 28.4 Å². The summed E-state index contributed by atoms with van der Waals surface area (Å²) in [6, 6.07) is -2.62. The number of unbranched alkanes of at least 4 members (excludes halogenated alkanes) is 42. The van der Waals surface area contributed by atoms with Crippen molar-refractivity contribution in [3.05, 3.63) is 36.5 Å². The molecular formula is C82H150N2O21. The third-order valence-corrected chi connectivity index (χ3v) is 21.1. The predicted octanol–water partition coefficient (Wildman–Crippen LogP) is 11.7. The molecule has 23 heteroatoms. The van der Waals surface area contributed by atoms with Crippen molar-refractivity contribution < 1.29 is 104 Å². The third kappa shape index (κ3) is 40.6. The van der Waals surface area contributed by atoms with Crippen LogP contribution in [0, 0.1) is 0 Å². The number of hydrogen-bond acceptors (Lipinski definition) is 20. The Balaban J connectivity index is 1.49. The fourth-order valence-corrected chi connectivity index (χ4v) is 14.4. The normalized spacial score (nSPS) is 26.4. The maximum absolute atomic E-state index is 13.6. The first-order chi connectivity index (χ1) is 50.9. The van der Waals surface area contributed by atoms with Crippen LogP contribution in [0.25, 0.3) is 0 Å². The molecule has 0 bridgehead atoms. The van der Waals surface area contributed by atoms with Crippen LogP contribution < -0.4 is 10.6 Å². The molecule has 3 rings (SSSR count). The molecule has 3 aliphatic rings. The number of carboxylic acid groups (broad SMARTS) is 1. The molecular weight excluding hydrogens is 1350 g/mol. The minimum Gasteiger partial charge on any atom is -0.477 e. The molecule has 3 heterocycles. The SMILES string of the molecule is CCCCCCCCCCC/C=C\C/C=C\CCCCCCCCCCCCCCCCCC(=O)NC(COC1OC(CO)C(OC2OC(CO)C(O)C(OC3(C(=O)O)CC(O)C(NC(C)=O)C(C(O)C(O)CO)O3)C2O)C(O)C1O)C(O)/C=C/CCCCCCCCCCCCCCCCCCCC. The van der Waals surface area contributed by atoms with Crippen LogP contribution in [0.5, 0.6) is 0 Å². The van der Waals surface area contributed by atoms with E-state index in [1.54, 1.807) is 6.08 Å². The molecule has 14 N–H and O–H groups in total. The average Bonchev–Trinajstić information content (AvgIpc) is 0.755. The molecule has 105 heavy (non-hydrogen) atoms. The second kappa shape index (κ2) is 60.6. The summed E-state index contributed by atoms with van der Waals surface area (Å²) < 4.78 is 34.9. The number of carbonyl (C=O) groups is 3. The van der Waals surface area contributed by atoms with E-state index in [2.05, 4.69) is 48.8 Å². The highest BCUT2D eigenvalue weighted by atomic mass is 16.8. The lowest BCUT2D eigenvalue weighted by molar-refractivity contribution is -0.386. The van der Waals surface area contributed by atoms with Crippen LogP contribution in [0.2, 0.25) is 0 Å². The number of carbonyl (C=O) groups excluding carboxylic acids is 2. The van der Waals surface area contributed by atoms with E-state index in [1.165, 1.54) is 231 Å². The van der Waals surface area contributed by atoms with Gasteiger partial charge in [0.05, 0.1) is 50.7 Å². The number of aliphatic hydroxyl groups is 11. The van der Waals surface area contributed by atoms with Gasteiger partial charge in [-0.05, 0) is 51.4 Å². The summed E-state index contributed by atoms with van der Waals surface area (Å²) in [5.74, 6) is -6.14. The number of ether oxygens (including phenoxy) is 6. The van der Waals surface area contributed by atoms with Crippen molar-refractivity contribution in [2.24, 2.45) is 0 Å². The Morgan fingerprint density at radius 3 is 1.34 bits per heavy atom. The molecule has 0 saturated carbocycles. The van der Waals surface area contributed by atoms with Gasteiger partial charge < -0.3 is 100 Å². The van der Waals surface area contributed by atoms with Gasteiger partial charge in [-0.3, -0.25) is 9.59 Å². The zero-order valence-electron chi connectivity index (χ0n) is 65.1. The van der Waals surface area contributed by atoms with Gasteiger partial charge in [0.25, 0.3) is 5.79 Å². The maximum Gasteiger partial charge on any atom is 0.364 e. The lowest BCUT2D eigenvalue weighted by Crippen LogP contribution is -2.70. The second-order valence-electron chi connectivity index (χ2n) is 30.3. The first kappa shape index (κ1) is 96.2. The Morgan fingerprint density at radius 1 is 0.505 bits per heavy atom. The molecule has 0 radical (unpaired) electrons. The van der Waals surface area contributed by atoms with Gasteiger partial charge in [0, 0.05) is 19.8 Å². The van der Waals surface area contributed by atoms with Crippen molar-refractivity contribution in [1.82, 2.24) is 10.6 Å². The molecule has 0 aromatic rings. The van der Waals surface area contributed by atoms with E-state index in [1.807, 2.05) is 6.08 Å². The molecule has 3 aliphatic heterocycles. The molecule has 614 valence electrons. The Bertz CT molecular complexity index is 2230. The van der Waals surface area contributed by atoms with Crippen LogP contribution >= 0.6 is 0 Å². The average molecular weight is 1500 g/mol. The van der Waals surface area contributed by atoms with Gasteiger partial charge in [-0.25, -0.2) is 4.79 Å². The molecule has 3 saturated heterocycles. The summed E-state index contributed by atoms with van der Waals surface area (Å²) >= 11 is 0. The van der Waals surface area contributed by atoms with Crippen molar-refractivity contribution in [2.75, 3.05) is 26.4 Å². The summed E-state index contributed by atoms with van der Waals surface area (Å²) in [5, 5.41) is 136. The van der Waals surface area contributed by atoms with Crippen LogP contribution in [0.15, 0.2) is 36.5 Å². The Morgan fingerprint density at radius 2 is 0.924 bits per heavy atom. The first-order valence-electron chi connectivity index (χ1n) is 41.9. The van der Waals surface area contributed by atoms with Crippen LogP contribution in [-0.4, -0.2) is 215 Å². The second-order valence-corrected chi connectivity index (χ2v) is 30.3. The first-order valence-corrected chi connectivity index (χ1v) is 41.9. The summed E-state index contributed by atoms with van der Waals surface area (Å²) in [6.45, 7) is 2.18. The highest BCUT2D eigenvalue weighted by Crippen LogP contribution is 2.39. The minimum atomic E-state index is -3.08. The van der Waals surface area contributed by atoms with Gasteiger partial charge in [0.1, 0.15) is 67.1 Å². The molecule has 18 unspecified atom stereocenters. The van der Waals surface area contributed by atoms with Crippen LogP contribution in [0.1, 0.15) is 329 Å². The smallest absolute Gasteiger partial charge is 0.364 e. The number of nitrogens with one attached hydrogen (secondary N) is 2. The Labute approximate surface area is 631 Å². The van der Waals surface area contributed by atoms with Gasteiger partial charge in [0.15, 0.2) is 12.6 Å². The monoisotopic (exact) mass is 1500 g/mol. The Hall–Kier alpha value is -3.05. The predicted molar refractivity (Wildman–Crippen MR) is 407 cm³/mol. The van der Waals surface area contributed by atoms with E-state index < -0.39 is 155 Å². The van der Waals surface area contributed by atoms with E-state index >= 15 is 0 Å². The molecule has 0 aliphatic carbocycles. The number of hydrogen-bond donors (Lipinski definition) is 14. The van der Waals surface area contributed by atoms with Crippen molar-refractivity contribution in [1.29, 1.82) is 0 Å². The van der Waals surface area contributed by atoms with Gasteiger partial charge in [-0.15, -0.1) is 0 Å². The third-order valence-electron chi connectivity index (χ3n) is 21.1. The quantitative estimate of drug-likeness (QED) is 0.0199. The number of carboxylic acids is 1. The van der Waals surface area contributed by atoms with Gasteiger partial charge >= 0.3 is 5.97 Å². The fraction of sp³-hybridized carbons (Fsp3) is 0.890. The number of allylic oxidation sites excluding steroid dienone is 5. The van der Waals surface area contributed by atoms with Gasteiger partial charge in [-0.2, -0.15) is 0 Å². The molecule has 0 spiro atoms. The van der Waals surface area contributed by atoms with Crippen molar-refractivity contribution in [3.8, 4) is 0 Å². The lowest BCUT2D eigenvalue weighted by atomic mass is 9.88. The summed E-state index contributed by atoms with van der Waals surface area (Å²) in [6.07, 6.45) is 40.4. The molecule has 2 amide bonds. The number of aliphatic hydroxyl groups excluding tert-OH is 11. The highest BCUT2D eigenvalue weighted by molar-refractivity contribution is 5.77. The van der Waals surface area contributed by atoms with Crippen molar-refractivity contribution in [3.63, 3.8) is 0 Å². The lowest BCUT2D eigenvalue weighted by Gasteiger charge is -2.50. The van der Waals surface area contributed by atoms with E-state index in [9.17, 15) is 75.7 Å². The largest absolute Gasteiger partial charge is 0.477 e. The minimum absolute atomic E-state index is 0.201. The van der Waals surface area contributed by atoms with Crippen LogP contribution in [0.4, 0.5) is 0 Å². The fourth-order valence-electron chi connectivity index (χ4n) is 14.4. The zero-order chi connectivity index (χ0) is 76.7. The van der Waals surface area contributed by atoms with E-state index in [0.717, 1.165) is 58.3 Å². The van der Waals surface area contributed by atoms with Crippen LogP contribution in [0.3, 0.4) is 0 Å². The van der Waals surface area contributed by atoms with Gasteiger partial charge in [0.2, 0.25) is 11.8 Å². The molecule has 0 aromatic carbocycles. The van der Waals surface area contributed by atoms with E-state index in [0.29, 0.717) is 12.8 Å². The highest BCUT2D eigenvalue weighted by Gasteiger charge is 2.60. The Kier molecular flexibility index (Phi) is 55.5. The topological polar surface area (TPSA) is 373 Å². The molecule has 3 fully saturated rings. The molecule has 18 atom stereocenters. The summed E-state index contributed by atoms with van der Waals surface area (Å²) in [7, 11) is 0. The molecule has 23 nitrogen and oxygen atoms in total. The van der Waals surface area contributed by atoms with E-state index in [-0.39, 0.29) is 12.3 Å². The summed E-state index contributed by atoms with van der Waals surface area (Å²) in [4.78, 5) is 38.7. The number of aliphatic carboxylic acids is 1. The number of rotatable bonds is 66. The number of amides is 2. The summed E-state index contributed by atoms with van der Waals surface area (Å²) in [5.41, 5.74) is 0. The molecule has 0 aromatic heterocycles. The zero-order valence-corrected chi connectivity index (χ0v) is 65.1. The van der Waals surface area contributed by atoms with Crippen LogP contribution in [-0.2, 0) is 42.8 Å².